The maximum Gasteiger partial charge on any atom is 0.137 e. The van der Waals surface area contributed by atoms with Gasteiger partial charge in [0, 0.05) is 0 Å². The molecule has 1 aromatic rings. The summed E-state index contributed by atoms with van der Waals surface area (Å²) in [5, 5.41) is 0. The zero-order valence-electron chi connectivity index (χ0n) is 12.2. The molecule has 1 aromatic carbocycles. The lowest BCUT2D eigenvalue weighted by Crippen LogP contribution is -2.04. The van der Waals surface area contributed by atoms with Crippen molar-refractivity contribution in [1.29, 1.82) is 0 Å². The molecule has 20 heavy (non-hydrogen) atoms. The van der Waals surface area contributed by atoms with Crippen LogP contribution in [-0.2, 0) is 11.3 Å². The summed E-state index contributed by atoms with van der Waals surface area (Å²) in [5.74, 6) is 1.04. The maximum absolute atomic E-state index is 5.96. The van der Waals surface area contributed by atoms with Gasteiger partial charge in [-0.1, -0.05) is 70.0 Å². The average Bonchev–Trinajstić information content (AvgIpc) is 2.47. The van der Waals surface area contributed by atoms with Crippen LogP contribution in [0.25, 0.3) is 0 Å². The molecule has 0 spiro atoms. The third-order valence-corrected chi connectivity index (χ3v) is 3.81. The normalized spacial score (nSPS) is 11.8. The van der Waals surface area contributed by atoms with E-state index < -0.39 is 0 Å². The first kappa shape index (κ1) is 16.5. The van der Waals surface area contributed by atoms with E-state index in [1.165, 1.54) is 0 Å². The Bertz CT molecular complexity index is 524. The Labute approximate surface area is 130 Å². The van der Waals surface area contributed by atoms with Crippen molar-refractivity contribution in [1.82, 2.24) is 0 Å². The van der Waals surface area contributed by atoms with Gasteiger partial charge in [-0.3, -0.25) is 0 Å². The number of halogens is 1. The number of ether oxygens (including phenoxy) is 1. The second kappa shape index (κ2) is 7.91. The van der Waals surface area contributed by atoms with Gasteiger partial charge < -0.3 is 4.74 Å². The summed E-state index contributed by atoms with van der Waals surface area (Å²) in [7, 11) is 0. The van der Waals surface area contributed by atoms with Crippen molar-refractivity contribution < 1.29 is 4.74 Å². The quantitative estimate of drug-likeness (QED) is 0.455. The zero-order valence-corrected chi connectivity index (χ0v) is 13.7. The smallest absolute Gasteiger partial charge is 0.137 e. The predicted octanol–water partition coefficient (Wildman–Crippen LogP) is 5.76. The van der Waals surface area contributed by atoms with Crippen molar-refractivity contribution in [3.63, 3.8) is 0 Å². The van der Waals surface area contributed by atoms with Gasteiger partial charge in [-0.2, -0.15) is 0 Å². The van der Waals surface area contributed by atoms with Gasteiger partial charge in [0.2, 0.25) is 0 Å². The van der Waals surface area contributed by atoms with Gasteiger partial charge in [0.25, 0.3) is 0 Å². The van der Waals surface area contributed by atoms with Gasteiger partial charge in [-0.05, 0) is 38.6 Å². The number of benzene rings is 1. The highest BCUT2D eigenvalue weighted by atomic mass is 79.9. The summed E-state index contributed by atoms with van der Waals surface area (Å²) in [5.41, 5.74) is 2.84. The van der Waals surface area contributed by atoms with Crippen LogP contribution in [0, 0.1) is 5.92 Å². The van der Waals surface area contributed by atoms with Crippen LogP contribution >= 0.6 is 15.9 Å². The molecule has 0 saturated heterocycles. The van der Waals surface area contributed by atoms with Crippen LogP contribution in [0.15, 0.2) is 77.5 Å². The molecule has 0 heterocycles. The van der Waals surface area contributed by atoms with E-state index in [1.54, 1.807) is 6.08 Å². The Kier molecular flexibility index (Phi) is 6.53. The second-order valence-electron chi connectivity index (χ2n) is 4.83. The number of hydrogen-bond acceptors (Lipinski definition) is 1. The largest absolute Gasteiger partial charge is 0.487 e. The fourth-order valence-electron chi connectivity index (χ4n) is 1.52. The molecule has 0 amide bonds. The summed E-state index contributed by atoms with van der Waals surface area (Å²) < 4.78 is 6.77. The first-order valence-corrected chi connectivity index (χ1v) is 7.34. The molecule has 0 bridgehead atoms. The maximum atomic E-state index is 5.96. The van der Waals surface area contributed by atoms with E-state index in [-0.39, 0.29) is 0 Å². The van der Waals surface area contributed by atoms with Gasteiger partial charge in [-0.15, -0.1) is 0 Å². The molecular formula is C18H21BrO. The van der Waals surface area contributed by atoms with Crippen LogP contribution in [0.4, 0.5) is 0 Å². The third-order valence-electron chi connectivity index (χ3n) is 2.94. The van der Waals surface area contributed by atoms with Crippen molar-refractivity contribution in [3.05, 3.63) is 83.1 Å². The zero-order chi connectivity index (χ0) is 15.1. The SMILES string of the molecule is C=CC(=C)/C(Br)=C(/OCc1ccccc1)C(=C)C(C)C. The van der Waals surface area contributed by atoms with E-state index in [0.29, 0.717) is 12.5 Å². The van der Waals surface area contributed by atoms with Crippen LogP contribution in [0.5, 0.6) is 0 Å². The molecule has 1 rings (SSSR count). The highest BCUT2D eigenvalue weighted by Crippen LogP contribution is 2.30. The van der Waals surface area contributed by atoms with Gasteiger partial charge in [0.05, 0.1) is 4.48 Å². The Morgan fingerprint density at radius 3 is 2.35 bits per heavy atom. The van der Waals surface area contributed by atoms with Crippen LogP contribution in [0.3, 0.4) is 0 Å². The third kappa shape index (κ3) is 4.53. The standard InChI is InChI=1S/C18H21BrO/c1-6-14(4)17(19)18(15(5)13(2)3)20-12-16-10-8-7-9-11-16/h6-11,13H,1,4-5,12H2,2-3H3/b18-17-. The lowest BCUT2D eigenvalue weighted by molar-refractivity contribution is 0.202. The minimum absolute atomic E-state index is 0.297. The van der Waals surface area contributed by atoms with Crippen molar-refractivity contribution >= 4 is 15.9 Å². The molecule has 106 valence electrons. The topological polar surface area (TPSA) is 9.23 Å². The predicted molar refractivity (Wildman–Crippen MR) is 90.5 cm³/mol. The summed E-state index contributed by atoms with van der Waals surface area (Å²) >= 11 is 3.54. The molecule has 1 nitrogen and oxygen atoms in total. The molecule has 0 unspecified atom stereocenters. The molecule has 0 atom stereocenters. The minimum Gasteiger partial charge on any atom is -0.487 e. The Hall–Kier alpha value is -1.54. The Balaban J connectivity index is 2.98. The molecular weight excluding hydrogens is 312 g/mol. The molecule has 0 aromatic heterocycles. The average molecular weight is 333 g/mol. The molecule has 0 N–H and O–H groups in total. The van der Waals surface area contributed by atoms with E-state index in [4.69, 9.17) is 4.74 Å². The Morgan fingerprint density at radius 2 is 1.85 bits per heavy atom. The van der Waals surface area contributed by atoms with Crippen molar-refractivity contribution in [2.75, 3.05) is 0 Å². The van der Waals surface area contributed by atoms with Crippen molar-refractivity contribution in [2.45, 2.75) is 20.5 Å². The molecule has 0 fully saturated rings. The molecule has 0 saturated carbocycles. The van der Waals surface area contributed by atoms with Gasteiger partial charge in [0.15, 0.2) is 0 Å². The van der Waals surface area contributed by atoms with Crippen LogP contribution in [-0.4, -0.2) is 0 Å². The fourth-order valence-corrected chi connectivity index (χ4v) is 2.06. The lowest BCUT2D eigenvalue weighted by atomic mass is 10.0. The van der Waals surface area contributed by atoms with E-state index in [0.717, 1.165) is 27.0 Å². The van der Waals surface area contributed by atoms with Gasteiger partial charge >= 0.3 is 0 Å². The minimum atomic E-state index is 0.297. The molecule has 0 aliphatic carbocycles. The van der Waals surface area contributed by atoms with E-state index in [1.807, 2.05) is 30.3 Å². The van der Waals surface area contributed by atoms with Gasteiger partial charge in [-0.25, -0.2) is 0 Å². The summed E-state index contributed by atoms with van der Waals surface area (Å²) in [6, 6.07) is 10.1. The molecule has 0 aliphatic rings. The van der Waals surface area contributed by atoms with E-state index in [2.05, 4.69) is 49.5 Å². The van der Waals surface area contributed by atoms with Crippen molar-refractivity contribution in [2.24, 2.45) is 5.92 Å². The van der Waals surface area contributed by atoms with Crippen LogP contribution < -0.4 is 0 Å². The first-order valence-electron chi connectivity index (χ1n) is 6.54. The highest BCUT2D eigenvalue weighted by Gasteiger charge is 2.14. The molecule has 2 heteroatoms. The summed E-state index contributed by atoms with van der Waals surface area (Å²) in [4.78, 5) is 0. The Morgan fingerprint density at radius 1 is 1.25 bits per heavy atom. The highest BCUT2D eigenvalue weighted by molar-refractivity contribution is 9.12. The van der Waals surface area contributed by atoms with Crippen LogP contribution in [0.2, 0.25) is 0 Å². The first-order chi connectivity index (χ1) is 9.47. The molecule has 0 aliphatic heterocycles. The summed E-state index contributed by atoms with van der Waals surface area (Å²) in [6.07, 6.45) is 1.70. The lowest BCUT2D eigenvalue weighted by Gasteiger charge is -2.18. The second-order valence-corrected chi connectivity index (χ2v) is 5.62. The number of hydrogen-bond donors (Lipinski definition) is 0. The van der Waals surface area contributed by atoms with E-state index >= 15 is 0 Å². The van der Waals surface area contributed by atoms with Gasteiger partial charge in [0.1, 0.15) is 12.4 Å². The molecule has 0 radical (unpaired) electrons. The van der Waals surface area contributed by atoms with Crippen molar-refractivity contribution in [3.8, 4) is 0 Å². The van der Waals surface area contributed by atoms with E-state index in [9.17, 15) is 0 Å². The summed E-state index contributed by atoms with van der Waals surface area (Å²) in [6.45, 7) is 16.5. The fraction of sp³-hybridized carbons (Fsp3) is 0.222. The number of allylic oxidation sites excluding steroid dienone is 4. The number of rotatable bonds is 7. The van der Waals surface area contributed by atoms with Crippen LogP contribution in [0.1, 0.15) is 19.4 Å². The monoisotopic (exact) mass is 332 g/mol.